The van der Waals surface area contributed by atoms with Gasteiger partial charge >= 0.3 is 0 Å². The Morgan fingerprint density at radius 2 is 1.81 bits per heavy atom. The van der Waals surface area contributed by atoms with E-state index in [4.69, 9.17) is 0 Å². The minimum atomic E-state index is -0.677. The van der Waals surface area contributed by atoms with Crippen molar-refractivity contribution in [2.45, 2.75) is 0 Å². The number of phenolic OH excluding ortho intramolecular Hbond substituents is 1. The van der Waals surface area contributed by atoms with E-state index in [0.717, 1.165) is 12.1 Å². The van der Waals surface area contributed by atoms with Gasteiger partial charge < -0.3 is 10.4 Å². The van der Waals surface area contributed by atoms with Crippen molar-refractivity contribution in [1.29, 1.82) is 0 Å². The van der Waals surface area contributed by atoms with Crippen LogP contribution in [0.2, 0.25) is 0 Å². The van der Waals surface area contributed by atoms with Crippen LogP contribution in [0.25, 0.3) is 0 Å². The fourth-order valence-electron chi connectivity index (χ4n) is 1.33. The second-order valence-corrected chi connectivity index (χ2v) is 3.30. The second-order valence-electron chi connectivity index (χ2n) is 3.30. The SMILES string of the molecule is Oc1cccc(Nc2ccc(F)cc2F)c1. The summed E-state index contributed by atoms with van der Waals surface area (Å²) in [7, 11) is 0. The zero-order chi connectivity index (χ0) is 11.5. The molecular formula is C12H9F2NO. The summed E-state index contributed by atoms with van der Waals surface area (Å²) in [4.78, 5) is 0. The molecule has 0 saturated heterocycles. The van der Waals surface area contributed by atoms with Gasteiger partial charge in [-0.25, -0.2) is 8.78 Å². The molecule has 2 nitrogen and oxygen atoms in total. The number of nitrogens with one attached hydrogen (secondary N) is 1. The molecule has 16 heavy (non-hydrogen) atoms. The average molecular weight is 221 g/mol. The lowest BCUT2D eigenvalue weighted by Gasteiger charge is -2.07. The van der Waals surface area contributed by atoms with Gasteiger partial charge in [-0.3, -0.25) is 0 Å². The highest BCUT2D eigenvalue weighted by atomic mass is 19.1. The molecule has 82 valence electrons. The Morgan fingerprint density at radius 3 is 2.50 bits per heavy atom. The van der Waals surface area contributed by atoms with Crippen LogP contribution in [0.3, 0.4) is 0 Å². The number of halogens is 2. The Morgan fingerprint density at radius 1 is 1.00 bits per heavy atom. The van der Waals surface area contributed by atoms with Crippen LogP contribution >= 0.6 is 0 Å². The quantitative estimate of drug-likeness (QED) is 0.814. The van der Waals surface area contributed by atoms with Crippen LogP contribution in [0.4, 0.5) is 20.2 Å². The Bertz CT molecular complexity index is 514. The number of hydrogen-bond donors (Lipinski definition) is 2. The third kappa shape index (κ3) is 2.28. The van der Waals surface area contributed by atoms with Gasteiger partial charge in [-0.2, -0.15) is 0 Å². The molecule has 0 heterocycles. The maximum absolute atomic E-state index is 13.3. The van der Waals surface area contributed by atoms with Crippen LogP contribution < -0.4 is 5.32 Å². The van der Waals surface area contributed by atoms with Crippen molar-refractivity contribution in [3.8, 4) is 5.75 Å². The molecule has 2 N–H and O–H groups in total. The lowest BCUT2D eigenvalue weighted by atomic mass is 10.2. The molecule has 0 bridgehead atoms. The third-order valence-corrected chi connectivity index (χ3v) is 2.06. The molecule has 2 rings (SSSR count). The maximum atomic E-state index is 13.3. The van der Waals surface area contributed by atoms with Gasteiger partial charge in [-0.15, -0.1) is 0 Å². The molecule has 0 aliphatic heterocycles. The van der Waals surface area contributed by atoms with E-state index in [1.54, 1.807) is 12.1 Å². The molecule has 4 heteroatoms. The van der Waals surface area contributed by atoms with E-state index < -0.39 is 11.6 Å². The Kier molecular flexibility index (Phi) is 2.72. The highest BCUT2D eigenvalue weighted by Gasteiger charge is 2.03. The Balaban J connectivity index is 2.27. The van der Waals surface area contributed by atoms with E-state index in [2.05, 4.69) is 5.32 Å². The fourth-order valence-corrected chi connectivity index (χ4v) is 1.33. The van der Waals surface area contributed by atoms with Crippen molar-refractivity contribution in [3.05, 3.63) is 54.1 Å². The van der Waals surface area contributed by atoms with E-state index >= 15 is 0 Å². The molecule has 0 fully saturated rings. The maximum Gasteiger partial charge on any atom is 0.149 e. The van der Waals surface area contributed by atoms with Crippen LogP contribution in [0, 0.1) is 11.6 Å². The molecule has 0 atom stereocenters. The van der Waals surface area contributed by atoms with Crippen molar-refractivity contribution in [2.75, 3.05) is 5.32 Å². The zero-order valence-electron chi connectivity index (χ0n) is 8.24. The largest absolute Gasteiger partial charge is 0.508 e. The van der Waals surface area contributed by atoms with Crippen molar-refractivity contribution in [3.63, 3.8) is 0 Å². The first-order valence-corrected chi connectivity index (χ1v) is 4.66. The first kappa shape index (κ1) is 10.4. The predicted molar refractivity (Wildman–Crippen MR) is 57.7 cm³/mol. The summed E-state index contributed by atoms with van der Waals surface area (Å²) in [6, 6.07) is 9.50. The minimum absolute atomic E-state index is 0.0764. The van der Waals surface area contributed by atoms with Gasteiger partial charge in [0.15, 0.2) is 0 Å². The molecule has 0 aliphatic rings. The summed E-state index contributed by atoms with van der Waals surface area (Å²) >= 11 is 0. The zero-order valence-corrected chi connectivity index (χ0v) is 8.24. The van der Waals surface area contributed by atoms with E-state index in [1.165, 1.54) is 18.2 Å². The van der Waals surface area contributed by atoms with Gasteiger partial charge in [0.25, 0.3) is 0 Å². The van der Waals surface area contributed by atoms with Crippen molar-refractivity contribution in [2.24, 2.45) is 0 Å². The normalized spacial score (nSPS) is 10.1. The summed E-state index contributed by atoms with van der Waals surface area (Å²) < 4.78 is 25.9. The molecule has 0 unspecified atom stereocenters. The lowest BCUT2D eigenvalue weighted by molar-refractivity contribution is 0.475. The van der Waals surface area contributed by atoms with Crippen molar-refractivity contribution >= 4 is 11.4 Å². The van der Waals surface area contributed by atoms with E-state index in [1.807, 2.05) is 0 Å². The van der Waals surface area contributed by atoms with Crippen LogP contribution in [-0.2, 0) is 0 Å². The van der Waals surface area contributed by atoms with Crippen LogP contribution in [0.5, 0.6) is 5.75 Å². The van der Waals surface area contributed by atoms with Gasteiger partial charge in [-0.05, 0) is 24.3 Å². The van der Waals surface area contributed by atoms with Crippen LogP contribution in [0.1, 0.15) is 0 Å². The van der Waals surface area contributed by atoms with Crippen LogP contribution in [-0.4, -0.2) is 5.11 Å². The number of benzene rings is 2. The van der Waals surface area contributed by atoms with Crippen LogP contribution in [0.15, 0.2) is 42.5 Å². The van der Waals surface area contributed by atoms with Gasteiger partial charge in [0.05, 0.1) is 5.69 Å². The number of anilines is 2. The first-order chi connectivity index (χ1) is 7.65. The topological polar surface area (TPSA) is 32.3 Å². The summed E-state index contributed by atoms with van der Waals surface area (Å²) in [5.41, 5.74) is 0.692. The molecular weight excluding hydrogens is 212 g/mol. The highest BCUT2D eigenvalue weighted by molar-refractivity contribution is 5.61. The summed E-state index contributed by atoms with van der Waals surface area (Å²) in [5.74, 6) is -1.23. The van der Waals surface area contributed by atoms with Gasteiger partial charge in [-0.1, -0.05) is 6.07 Å². The molecule has 0 aliphatic carbocycles. The number of phenols is 1. The number of rotatable bonds is 2. The second kappa shape index (κ2) is 4.18. The monoisotopic (exact) mass is 221 g/mol. The van der Waals surface area contributed by atoms with Gasteiger partial charge in [0.1, 0.15) is 17.4 Å². The third-order valence-electron chi connectivity index (χ3n) is 2.06. The van der Waals surface area contributed by atoms with Crippen molar-refractivity contribution < 1.29 is 13.9 Å². The minimum Gasteiger partial charge on any atom is -0.508 e. The molecule has 0 aromatic heterocycles. The molecule has 2 aromatic carbocycles. The van der Waals surface area contributed by atoms with E-state index in [9.17, 15) is 13.9 Å². The van der Waals surface area contributed by atoms with Gasteiger partial charge in [0.2, 0.25) is 0 Å². The highest BCUT2D eigenvalue weighted by Crippen LogP contribution is 2.22. The summed E-state index contributed by atoms with van der Waals surface area (Å²) in [6.07, 6.45) is 0. The molecule has 0 amide bonds. The number of hydrogen-bond acceptors (Lipinski definition) is 2. The first-order valence-electron chi connectivity index (χ1n) is 4.66. The van der Waals surface area contributed by atoms with Gasteiger partial charge in [0, 0.05) is 17.8 Å². The fraction of sp³-hybridized carbons (Fsp3) is 0. The summed E-state index contributed by atoms with van der Waals surface area (Å²) in [5, 5.41) is 11.9. The molecule has 2 aromatic rings. The molecule has 0 saturated carbocycles. The average Bonchev–Trinajstić information content (AvgIpc) is 2.22. The lowest BCUT2D eigenvalue weighted by Crippen LogP contribution is -1.94. The number of aromatic hydroxyl groups is 1. The molecule has 0 spiro atoms. The Labute approximate surface area is 91.2 Å². The van der Waals surface area contributed by atoms with E-state index in [0.29, 0.717) is 5.69 Å². The summed E-state index contributed by atoms with van der Waals surface area (Å²) in [6.45, 7) is 0. The molecule has 0 radical (unpaired) electrons. The predicted octanol–water partition coefficient (Wildman–Crippen LogP) is 3.41. The smallest absolute Gasteiger partial charge is 0.149 e. The van der Waals surface area contributed by atoms with Crippen molar-refractivity contribution in [1.82, 2.24) is 0 Å². The van der Waals surface area contributed by atoms with E-state index in [-0.39, 0.29) is 11.4 Å². The standard InChI is InChI=1S/C12H9F2NO/c13-8-4-5-12(11(14)6-8)15-9-2-1-3-10(16)7-9/h1-7,15-16H. The Hall–Kier alpha value is -2.10.